The summed E-state index contributed by atoms with van der Waals surface area (Å²) in [6, 6.07) is 30.3. The lowest BCUT2D eigenvalue weighted by Gasteiger charge is -2.12. The molecule has 12 N–H and O–H groups in total. The molecular weight excluding hydrogens is 1800 g/mol. The number of nitro benzene ring substituents is 1. The predicted octanol–water partition coefficient (Wildman–Crippen LogP) is 16.6. The number of esters is 1. The fourth-order valence-electron chi connectivity index (χ4n) is 16.5. The van der Waals surface area contributed by atoms with Crippen molar-refractivity contribution in [2.24, 2.45) is 5.73 Å². The molecule has 0 aliphatic heterocycles. The van der Waals surface area contributed by atoms with E-state index in [1.54, 1.807) is 13.0 Å². The number of primary amides is 1. The number of hydrogen-bond donors (Lipinski definition) is 10. The summed E-state index contributed by atoms with van der Waals surface area (Å²) >= 11 is 0. The molecule has 0 aliphatic rings. The number of aromatic amines is 4. The Labute approximate surface area is 749 Å². The van der Waals surface area contributed by atoms with Crippen LogP contribution in [0.15, 0.2) is 245 Å². The van der Waals surface area contributed by atoms with Gasteiger partial charge in [0.1, 0.15) is 91.6 Å². The SMILES string of the molecule is CCOC(=O)c1c(-c2ccc[nH]c2=O)c2c3occc3c(F)cc2n1Cc1cc(N)ncc1F.NC(=O)c1cnc(F)c(Cn2c(C(=O)O)c(-c3ccc[nH]c3=O)c3c4occc4c(F)cc32)c1.O=C(O)c1c(-c2ccc[nH]c2=O)c2c3occc3c(F)cc2n1Cc1cc([N+](=O)[O-])ccc1F.O=C(O)c1ccc(F)c(Cn2c(C(=O)O)c(-c3ccc[nH]c3=O)c3c4occc4c(F)cc32)c1. The Balaban J connectivity index is 0.000000126. The molecule has 0 bridgehead atoms. The van der Waals surface area contributed by atoms with Crippen LogP contribution in [0.2, 0.25) is 0 Å². The summed E-state index contributed by atoms with van der Waals surface area (Å²) < 4.78 is 150. The van der Waals surface area contributed by atoms with Crippen molar-refractivity contribution in [3.05, 3.63) is 362 Å². The highest BCUT2D eigenvalue weighted by molar-refractivity contribution is 6.21. The number of benzene rings is 6. The molecule has 14 aromatic heterocycles. The summed E-state index contributed by atoms with van der Waals surface area (Å²) in [5, 5.41) is 52.0. The van der Waals surface area contributed by atoms with Crippen LogP contribution in [0.5, 0.6) is 0 Å². The van der Waals surface area contributed by atoms with Crippen LogP contribution >= 0.6 is 0 Å². The van der Waals surface area contributed by atoms with Gasteiger partial charge in [0.25, 0.3) is 27.9 Å². The van der Waals surface area contributed by atoms with E-state index in [9.17, 15) is 109 Å². The number of nitrogens with zero attached hydrogens (tertiary/aromatic N) is 7. The number of furan rings is 4. The van der Waals surface area contributed by atoms with Gasteiger partial charge in [-0.25, -0.2) is 64.7 Å². The van der Waals surface area contributed by atoms with Crippen molar-refractivity contribution in [2.75, 3.05) is 12.3 Å². The van der Waals surface area contributed by atoms with Gasteiger partial charge in [0.05, 0.1) is 167 Å². The standard InChI is InChI=1S/C24H18F2N4O4.C24H14F2N2O6.C23H14F2N4O5.C23H13F2N3O6/c1-2-33-24(32)21-19(14-4-3-6-28-23(14)31)20-17(9-15(25)13-5-7-34-22(13)20)30(21)11-12-8-18(27)29-10-16(12)26;25-15-4-3-11(23(30)31)8-12(15)10-28-17-9-16(26)13-5-7-34-21(13)19(17)18(20(28)24(32)33)14-2-1-6-27-22(14)29;24-14-7-15-17(19-12(14)3-5-34-19)16(13-2-1-4-27-22(13)31)18(23(32)33)29(15)9-11-6-10(21(26)30)8-28-20(11)25;24-15-4-3-12(28(32)33)8-11(15)10-27-17-9-16(25)13-5-7-34-21(13)19(17)18(20(27)23(30)31)14-2-1-6-26-22(14)29/h3-10H,2,11H2,1H3,(H2,27,29)(H,28,31);1-9H,10H2,(H,27,29)(H,30,31)(H,32,33);1-8H,9H2,(H2,26,30)(H,27,31)(H,32,33);1-9H,10H2,(H,26,29)(H,30,31). The summed E-state index contributed by atoms with van der Waals surface area (Å²) in [7, 11) is 0. The van der Waals surface area contributed by atoms with Gasteiger partial charge in [0, 0.05) is 87.6 Å². The number of nitrogens with one attached hydrogen (secondary N) is 4. The molecule has 682 valence electrons. The van der Waals surface area contributed by atoms with Crippen LogP contribution in [0, 0.1) is 56.8 Å². The second kappa shape index (κ2) is 35.6. The monoisotopic (exact) mass is 1860 g/mol. The maximum atomic E-state index is 15.0. The molecule has 42 heteroatoms. The number of hydrogen-bond acceptors (Lipinski definition) is 20. The number of carbonyl (C=O) groups is 6. The van der Waals surface area contributed by atoms with Gasteiger partial charge in [-0.15, -0.1) is 0 Å². The van der Waals surface area contributed by atoms with E-state index in [4.69, 9.17) is 33.9 Å². The molecule has 6 aromatic carbocycles. The Hall–Kier alpha value is -18.8. The summed E-state index contributed by atoms with van der Waals surface area (Å²) in [5.41, 5.74) is 7.11. The van der Waals surface area contributed by atoms with Crippen LogP contribution in [-0.4, -0.2) is 116 Å². The van der Waals surface area contributed by atoms with E-state index in [-0.39, 0.29) is 185 Å². The number of amides is 1. The number of nitro groups is 1. The van der Waals surface area contributed by atoms with Crippen LogP contribution in [-0.2, 0) is 30.9 Å². The van der Waals surface area contributed by atoms with Crippen LogP contribution in [0.25, 0.3) is 132 Å². The molecule has 14 heterocycles. The first-order valence-corrected chi connectivity index (χ1v) is 40.0. The Morgan fingerprint density at radius 3 is 1.10 bits per heavy atom. The number of carbonyl (C=O) groups excluding carboxylic acids is 2. The molecule has 0 atom stereocenters. The van der Waals surface area contributed by atoms with Gasteiger partial charge in [-0.3, -0.25) is 34.1 Å². The Kier molecular flexibility index (Phi) is 23.3. The van der Waals surface area contributed by atoms with Crippen molar-refractivity contribution < 1.29 is 112 Å². The molecular formula is C94H59F8N13O21. The number of fused-ring (bicyclic) bond motifs is 12. The first-order valence-electron chi connectivity index (χ1n) is 40.0. The van der Waals surface area contributed by atoms with Crippen molar-refractivity contribution in [1.82, 2.24) is 48.2 Å². The molecule has 0 spiro atoms. The number of H-pyrrole nitrogens is 4. The Morgan fingerprint density at radius 1 is 0.412 bits per heavy atom. The average molecular weight is 1860 g/mol. The van der Waals surface area contributed by atoms with Crippen LogP contribution in [0.3, 0.4) is 0 Å². The van der Waals surface area contributed by atoms with Crippen LogP contribution in [0.1, 0.15) is 91.8 Å². The summed E-state index contributed by atoms with van der Waals surface area (Å²) in [4.78, 5) is 152. The van der Waals surface area contributed by atoms with Gasteiger partial charge in [0.15, 0.2) is 0 Å². The lowest BCUT2D eigenvalue weighted by Crippen LogP contribution is -2.16. The van der Waals surface area contributed by atoms with E-state index in [1.807, 2.05) is 0 Å². The highest BCUT2D eigenvalue weighted by Gasteiger charge is 2.36. The maximum absolute atomic E-state index is 15.0. The van der Waals surface area contributed by atoms with Crippen molar-refractivity contribution in [1.29, 1.82) is 0 Å². The molecule has 34 nitrogen and oxygen atoms in total. The number of nitrogen functional groups attached to an aromatic ring is 1. The third-order valence-electron chi connectivity index (χ3n) is 22.3. The number of pyridine rings is 6. The Morgan fingerprint density at radius 2 is 0.750 bits per heavy atom. The highest BCUT2D eigenvalue weighted by atomic mass is 19.2. The van der Waals surface area contributed by atoms with Crippen LogP contribution < -0.4 is 33.7 Å². The smallest absolute Gasteiger partial charge is 0.355 e. The molecule has 0 aliphatic carbocycles. The lowest BCUT2D eigenvalue weighted by atomic mass is 10.0. The first-order chi connectivity index (χ1) is 65.2. The third kappa shape index (κ3) is 15.8. The second-order valence-corrected chi connectivity index (χ2v) is 30.1. The second-order valence-electron chi connectivity index (χ2n) is 30.1. The minimum Gasteiger partial charge on any atom is -0.478 e. The zero-order valence-electron chi connectivity index (χ0n) is 69.2. The van der Waals surface area contributed by atoms with E-state index in [1.165, 1.54) is 133 Å². The number of halogens is 8. The van der Waals surface area contributed by atoms with Gasteiger partial charge in [-0.05, 0) is 140 Å². The third-order valence-corrected chi connectivity index (χ3v) is 22.3. The summed E-state index contributed by atoms with van der Waals surface area (Å²) in [5.74, 6) is -13.2. The molecule has 136 heavy (non-hydrogen) atoms. The quantitative estimate of drug-likeness (QED) is 0.0111. The number of carboxylic acid groups (broad SMARTS) is 4. The van der Waals surface area contributed by atoms with E-state index in [0.717, 1.165) is 86.8 Å². The van der Waals surface area contributed by atoms with Gasteiger partial charge < -0.3 is 92.5 Å². The van der Waals surface area contributed by atoms with Crippen molar-refractivity contribution in [2.45, 2.75) is 33.1 Å². The number of nitrogens with two attached hydrogens (primary N) is 2. The van der Waals surface area contributed by atoms with Crippen molar-refractivity contribution in [3.8, 4) is 44.5 Å². The molecule has 20 rings (SSSR count). The normalized spacial score (nSPS) is 11.4. The predicted molar refractivity (Wildman–Crippen MR) is 472 cm³/mol. The molecule has 0 unspecified atom stereocenters. The van der Waals surface area contributed by atoms with E-state index in [2.05, 4.69) is 29.9 Å². The number of ether oxygens (including phenoxy) is 1. The zero-order chi connectivity index (χ0) is 96.4. The average Bonchev–Trinajstić information content (AvgIpc) is 1.58. The molecule has 1 amide bonds. The van der Waals surface area contributed by atoms with E-state index in [0.29, 0.717) is 5.39 Å². The van der Waals surface area contributed by atoms with Crippen molar-refractivity contribution in [3.63, 3.8) is 0 Å². The van der Waals surface area contributed by atoms with Gasteiger partial charge in [-0.1, -0.05) is 0 Å². The lowest BCUT2D eigenvalue weighted by molar-refractivity contribution is -0.385. The minimum absolute atomic E-state index is 0.00237. The fourth-order valence-corrected chi connectivity index (χ4v) is 16.5. The topological polar surface area (TPSA) is 517 Å². The maximum Gasteiger partial charge on any atom is 0.355 e. The number of carboxylic acids is 4. The molecule has 0 fully saturated rings. The van der Waals surface area contributed by atoms with Gasteiger partial charge in [0.2, 0.25) is 11.9 Å². The molecule has 0 saturated carbocycles. The molecule has 0 radical (unpaired) electrons. The number of aromatic carboxylic acids is 4. The first kappa shape index (κ1) is 89.2. The summed E-state index contributed by atoms with van der Waals surface area (Å²) in [6.07, 6.45) is 12.5. The molecule has 20 aromatic rings. The number of aromatic nitrogens is 10. The van der Waals surface area contributed by atoms with E-state index >= 15 is 4.39 Å². The number of anilines is 1. The zero-order valence-corrected chi connectivity index (χ0v) is 69.2. The largest absolute Gasteiger partial charge is 0.478 e. The number of rotatable bonds is 20. The summed E-state index contributed by atoms with van der Waals surface area (Å²) in [6.45, 7) is 0.0944. The fraction of sp³-hybridized carbons (Fsp3) is 0.0638. The van der Waals surface area contributed by atoms with Crippen LogP contribution in [0.4, 0.5) is 46.6 Å². The Bertz CT molecular complexity index is 8130. The van der Waals surface area contributed by atoms with Gasteiger partial charge >= 0.3 is 29.8 Å². The number of non-ortho nitro benzene ring substituents is 1. The minimum atomic E-state index is -1.47. The molecule has 0 saturated heterocycles. The van der Waals surface area contributed by atoms with E-state index < -0.39 is 152 Å². The highest BCUT2D eigenvalue weighted by Crippen LogP contribution is 2.46. The van der Waals surface area contributed by atoms with Crippen molar-refractivity contribution >= 4 is 135 Å². The van der Waals surface area contributed by atoms with Gasteiger partial charge in [-0.2, -0.15) is 4.39 Å².